The van der Waals surface area contributed by atoms with Crippen LogP contribution in [0, 0.1) is 0 Å². The standard InChI is InChI=1S/C12H15BrN4S2/c1-14-7-8-4-5-9(6-10(8)13)18-12-16-15-11(19-12)17(2)3/h4-6,14H,7H2,1-3H3. The first-order chi connectivity index (χ1) is 9.10. The molecule has 4 nitrogen and oxygen atoms in total. The molecule has 0 unspecified atom stereocenters. The van der Waals surface area contributed by atoms with Gasteiger partial charge in [0.1, 0.15) is 0 Å². The molecule has 2 rings (SSSR count). The summed E-state index contributed by atoms with van der Waals surface area (Å²) in [5.41, 5.74) is 1.25. The van der Waals surface area contributed by atoms with Crippen LogP contribution in [0.3, 0.4) is 0 Å². The largest absolute Gasteiger partial charge is 0.353 e. The fourth-order valence-corrected chi connectivity index (χ4v) is 3.90. The molecule has 0 aliphatic heterocycles. The number of hydrogen-bond acceptors (Lipinski definition) is 6. The molecular weight excluding hydrogens is 344 g/mol. The summed E-state index contributed by atoms with van der Waals surface area (Å²) in [7, 11) is 5.88. The Balaban J connectivity index is 2.12. The van der Waals surface area contributed by atoms with E-state index in [4.69, 9.17) is 0 Å². The highest BCUT2D eigenvalue weighted by Gasteiger charge is 2.08. The molecule has 0 saturated carbocycles. The van der Waals surface area contributed by atoms with Crippen molar-refractivity contribution in [3.8, 4) is 0 Å². The van der Waals surface area contributed by atoms with E-state index in [2.05, 4.69) is 49.6 Å². The molecule has 0 radical (unpaired) electrons. The molecule has 0 bridgehead atoms. The molecule has 1 aromatic heterocycles. The second kappa shape index (κ2) is 6.69. The van der Waals surface area contributed by atoms with Crippen LogP contribution in [-0.4, -0.2) is 31.3 Å². The fraction of sp³-hybridized carbons (Fsp3) is 0.333. The van der Waals surface area contributed by atoms with Gasteiger partial charge in [0.25, 0.3) is 0 Å². The zero-order valence-corrected chi connectivity index (χ0v) is 14.2. The van der Waals surface area contributed by atoms with Crippen molar-refractivity contribution >= 4 is 44.2 Å². The van der Waals surface area contributed by atoms with Crippen LogP contribution in [0.2, 0.25) is 0 Å². The topological polar surface area (TPSA) is 41.1 Å². The third kappa shape index (κ3) is 3.92. The third-order valence-electron chi connectivity index (χ3n) is 2.38. The highest BCUT2D eigenvalue weighted by molar-refractivity contribution is 9.10. The van der Waals surface area contributed by atoms with Crippen molar-refractivity contribution in [2.24, 2.45) is 0 Å². The van der Waals surface area contributed by atoms with Crippen molar-refractivity contribution < 1.29 is 0 Å². The Labute approximate surface area is 129 Å². The van der Waals surface area contributed by atoms with E-state index in [1.165, 1.54) is 5.56 Å². The molecule has 1 heterocycles. The number of hydrogen-bond donors (Lipinski definition) is 1. The van der Waals surface area contributed by atoms with Crippen LogP contribution < -0.4 is 10.2 Å². The number of nitrogens with one attached hydrogen (secondary N) is 1. The molecule has 1 aromatic carbocycles. The average molecular weight is 359 g/mol. The Morgan fingerprint density at radius 3 is 2.74 bits per heavy atom. The fourth-order valence-electron chi connectivity index (χ4n) is 1.45. The molecule has 7 heteroatoms. The van der Waals surface area contributed by atoms with Gasteiger partial charge in [0.05, 0.1) is 0 Å². The maximum atomic E-state index is 4.18. The summed E-state index contributed by atoms with van der Waals surface area (Å²) in [4.78, 5) is 3.13. The van der Waals surface area contributed by atoms with Crippen molar-refractivity contribution in [3.63, 3.8) is 0 Å². The highest BCUT2D eigenvalue weighted by Crippen LogP contribution is 2.34. The Morgan fingerprint density at radius 1 is 1.37 bits per heavy atom. The first kappa shape index (κ1) is 14.8. The maximum absolute atomic E-state index is 4.18. The van der Waals surface area contributed by atoms with Gasteiger partial charge in [0.2, 0.25) is 5.13 Å². The lowest BCUT2D eigenvalue weighted by molar-refractivity contribution is 0.813. The number of benzene rings is 1. The van der Waals surface area contributed by atoms with Gasteiger partial charge in [-0.05, 0) is 24.7 Å². The lowest BCUT2D eigenvalue weighted by atomic mass is 10.2. The molecule has 1 N–H and O–H groups in total. The van der Waals surface area contributed by atoms with Crippen LogP contribution in [0.4, 0.5) is 5.13 Å². The molecule has 0 aliphatic carbocycles. The van der Waals surface area contributed by atoms with Crippen LogP contribution in [-0.2, 0) is 6.54 Å². The zero-order chi connectivity index (χ0) is 13.8. The third-order valence-corrected chi connectivity index (χ3v) is 5.25. The van der Waals surface area contributed by atoms with Crippen molar-refractivity contribution in [2.45, 2.75) is 15.8 Å². The van der Waals surface area contributed by atoms with E-state index in [-0.39, 0.29) is 0 Å². The summed E-state index contributed by atoms with van der Waals surface area (Å²) in [6, 6.07) is 6.35. The zero-order valence-electron chi connectivity index (χ0n) is 11.0. The predicted octanol–water partition coefficient (Wildman–Crippen LogP) is 3.24. The minimum atomic E-state index is 0.856. The lowest BCUT2D eigenvalue weighted by Crippen LogP contribution is -2.07. The monoisotopic (exact) mass is 358 g/mol. The number of nitrogens with zero attached hydrogens (tertiary/aromatic N) is 3. The Hall–Kier alpha value is -0.630. The van der Waals surface area contributed by atoms with Gasteiger partial charge in [-0.3, -0.25) is 0 Å². The van der Waals surface area contributed by atoms with Gasteiger partial charge < -0.3 is 10.2 Å². The summed E-state index contributed by atoms with van der Waals surface area (Å²) >= 11 is 6.83. The van der Waals surface area contributed by atoms with Gasteiger partial charge >= 0.3 is 0 Å². The van der Waals surface area contributed by atoms with Crippen LogP contribution >= 0.6 is 39.0 Å². The van der Waals surface area contributed by atoms with E-state index >= 15 is 0 Å². The normalized spacial score (nSPS) is 10.7. The highest BCUT2D eigenvalue weighted by atomic mass is 79.9. The number of anilines is 1. The van der Waals surface area contributed by atoms with Gasteiger partial charge in [-0.2, -0.15) is 0 Å². The second-order valence-corrected chi connectivity index (χ2v) is 7.26. The molecular formula is C12H15BrN4S2. The first-order valence-electron chi connectivity index (χ1n) is 5.72. The van der Waals surface area contributed by atoms with Crippen LogP contribution in [0.25, 0.3) is 0 Å². The molecule has 0 spiro atoms. The summed E-state index contributed by atoms with van der Waals surface area (Å²) < 4.78 is 2.07. The Bertz CT molecular complexity index is 556. The van der Waals surface area contributed by atoms with E-state index in [9.17, 15) is 0 Å². The summed E-state index contributed by atoms with van der Waals surface area (Å²) in [5.74, 6) is 0. The van der Waals surface area contributed by atoms with Crippen LogP contribution in [0.5, 0.6) is 0 Å². The van der Waals surface area contributed by atoms with E-state index in [1.54, 1.807) is 23.1 Å². The van der Waals surface area contributed by atoms with Gasteiger partial charge in [-0.15, -0.1) is 10.2 Å². The minimum Gasteiger partial charge on any atom is -0.353 e. The number of aromatic nitrogens is 2. The quantitative estimate of drug-likeness (QED) is 0.888. The average Bonchev–Trinajstić information content (AvgIpc) is 2.81. The summed E-state index contributed by atoms with van der Waals surface area (Å²) in [6.45, 7) is 0.856. The summed E-state index contributed by atoms with van der Waals surface area (Å²) in [5, 5.41) is 12.4. The molecule has 0 aliphatic rings. The van der Waals surface area contributed by atoms with Gasteiger partial charge in [-0.1, -0.05) is 45.1 Å². The number of halogens is 1. The van der Waals surface area contributed by atoms with Gasteiger partial charge in [0.15, 0.2) is 4.34 Å². The molecule has 0 amide bonds. The second-order valence-electron chi connectivity index (χ2n) is 4.13. The van der Waals surface area contributed by atoms with Crippen LogP contribution in [0.1, 0.15) is 5.56 Å². The lowest BCUT2D eigenvalue weighted by Gasteiger charge is -2.05. The molecule has 102 valence electrons. The van der Waals surface area contributed by atoms with Crippen molar-refractivity contribution in [2.75, 3.05) is 26.0 Å². The van der Waals surface area contributed by atoms with E-state index < -0.39 is 0 Å². The first-order valence-corrected chi connectivity index (χ1v) is 8.14. The van der Waals surface area contributed by atoms with E-state index in [0.717, 1.165) is 25.4 Å². The SMILES string of the molecule is CNCc1ccc(Sc2nnc(N(C)C)s2)cc1Br. The Morgan fingerprint density at radius 2 is 2.16 bits per heavy atom. The molecule has 0 fully saturated rings. The van der Waals surface area contributed by atoms with Crippen molar-refractivity contribution in [1.29, 1.82) is 0 Å². The molecule has 19 heavy (non-hydrogen) atoms. The van der Waals surface area contributed by atoms with Crippen LogP contribution in [0.15, 0.2) is 31.9 Å². The predicted molar refractivity (Wildman–Crippen MR) is 85.3 cm³/mol. The van der Waals surface area contributed by atoms with Crippen molar-refractivity contribution in [3.05, 3.63) is 28.2 Å². The summed E-state index contributed by atoms with van der Waals surface area (Å²) in [6.07, 6.45) is 0. The maximum Gasteiger partial charge on any atom is 0.208 e. The van der Waals surface area contributed by atoms with Gasteiger partial charge in [-0.25, -0.2) is 0 Å². The van der Waals surface area contributed by atoms with Gasteiger partial charge in [0, 0.05) is 30.0 Å². The molecule has 2 aromatic rings. The Kier molecular flexibility index (Phi) is 5.20. The minimum absolute atomic E-state index is 0.856. The molecule has 0 saturated heterocycles. The smallest absolute Gasteiger partial charge is 0.208 e. The number of rotatable bonds is 5. The van der Waals surface area contributed by atoms with E-state index in [0.29, 0.717) is 0 Å². The molecule has 0 atom stereocenters. The van der Waals surface area contributed by atoms with E-state index in [1.807, 2.05) is 26.0 Å². The van der Waals surface area contributed by atoms with Crippen molar-refractivity contribution in [1.82, 2.24) is 15.5 Å².